The van der Waals surface area contributed by atoms with Crippen LogP contribution in [-0.2, 0) is 10.0 Å². The molecular weight excluding hydrogens is 282 g/mol. The first-order valence-corrected chi connectivity index (χ1v) is 9.47. The minimum atomic E-state index is -3.39. The van der Waals surface area contributed by atoms with Crippen molar-refractivity contribution in [3.8, 4) is 0 Å². The molecule has 1 atom stereocenters. The van der Waals surface area contributed by atoms with Gasteiger partial charge in [-0.15, -0.1) is 0 Å². The molecule has 0 aromatic heterocycles. The highest BCUT2D eigenvalue weighted by Crippen LogP contribution is 2.18. The quantitative estimate of drug-likeness (QED) is 0.685. The molecule has 0 saturated carbocycles. The van der Waals surface area contributed by atoms with Gasteiger partial charge in [-0.05, 0) is 37.0 Å². The normalized spacial score (nSPS) is 13.6. The molecule has 0 amide bonds. The van der Waals surface area contributed by atoms with Gasteiger partial charge in [-0.2, -0.15) is 0 Å². The molecular formula is C17H29NO2S. The van der Waals surface area contributed by atoms with Gasteiger partial charge < -0.3 is 0 Å². The SMILES string of the molecule is CCCCCCC(C)NS(=O)(=O)c1ccc(C(C)C)cc1. The summed E-state index contributed by atoms with van der Waals surface area (Å²) in [6.45, 7) is 8.30. The fraction of sp³-hybridized carbons (Fsp3) is 0.647. The van der Waals surface area contributed by atoms with Gasteiger partial charge in [0.15, 0.2) is 0 Å². The number of unbranched alkanes of at least 4 members (excludes halogenated alkanes) is 3. The van der Waals surface area contributed by atoms with Crippen LogP contribution in [-0.4, -0.2) is 14.5 Å². The standard InChI is InChI=1S/C17H29NO2S/c1-5-6-7-8-9-15(4)18-21(19,20)17-12-10-16(11-13-17)14(2)3/h10-15,18H,5-9H2,1-4H3. The second-order valence-electron chi connectivity index (χ2n) is 6.10. The molecule has 0 heterocycles. The molecule has 1 aromatic rings. The monoisotopic (exact) mass is 311 g/mol. The van der Waals surface area contributed by atoms with E-state index in [1.54, 1.807) is 12.1 Å². The number of nitrogens with one attached hydrogen (secondary N) is 1. The van der Waals surface area contributed by atoms with Gasteiger partial charge in [-0.1, -0.05) is 58.6 Å². The highest BCUT2D eigenvalue weighted by atomic mass is 32.2. The van der Waals surface area contributed by atoms with Crippen molar-refractivity contribution in [1.82, 2.24) is 4.72 Å². The van der Waals surface area contributed by atoms with Crippen molar-refractivity contribution in [2.45, 2.75) is 76.7 Å². The van der Waals surface area contributed by atoms with E-state index in [1.165, 1.54) is 19.3 Å². The van der Waals surface area contributed by atoms with Gasteiger partial charge in [-0.3, -0.25) is 0 Å². The fourth-order valence-electron chi connectivity index (χ4n) is 2.30. The Morgan fingerprint density at radius 1 is 1.00 bits per heavy atom. The number of benzene rings is 1. The number of sulfonamides is 1. The maximum atomic E-state index is 12.3. The van der Waals surface area contributed by atoms with Crippen LogP contribution in [0.5, 0.6) is 0 Å². The summed E-state index contributed by atoms with van der Waals surface area (Å²) in [4.78, 5) is 0.354. The maximum Gasteiger partial charge on any atom is 0.240 e. The molecule has 0 fully saturated rings. The summed E-state index contributed by atoms with van der Waals surface area (Å²) in [5, 5.41) is 0. The predicted octanol–water partition coefficient (Wildman–Crippen LogP) is 4.45. The molecule has 4 heteroatoms. The molecule has 0 radical (unpaired) electrons. The molecule has 120 valence electrons. The Morgan fingerprint density at radius 3 is 2.14 bits per heavy atom. The molecule has 0 saturated heterocycles. The Morgan fingerprint density at radius 2 is 1.62 bits per heavy atom. The minimum absolute atomic E-state index is 0.0170. The number of rotatable bonds is 9. The zero-order valence-electron chi connectivity index (χ0n) is 13.7. The van der Waals surface area contributed by atoms with Crippen molar-refractivity contribution < 1.29 is 8.42 Å². The van der Waals surface area contributed by atoms with Crippen LogP contribution in [0.3, 0.4) is 0 Å². The van der Waals surface area contributed by atoms with E-state index in [1.807, 2.05) is 19.1 Å². The van der Waals surface area contributed by atoms with Gasteiger partial charge in [0, 0.05) is 6.04 Å². The Balaban J connectivity index is 2.60. The number of hydrogen-bond donors (Lipinski definition) is 1. The average molecular weight is 311 g/mol. The third-order valence-electron chi connectivity index (χ3n) is 3.70. The summed E-state index contributed by atoms with van der Waals surface area (Å²) in [7, 11) is -3.39. The smallest absolute Gasteiger partial charge is 0.208 e. The molecule has 3 nitrogen and oxygen atoms in total. The molecule has 1 unspecified atom stereocenters. The van der Waals surface area contributed by atoms with Gasteiger partial charge in [0.25, 0.3) is 0 Å². The van der Waals surface area contributed by atoms with Crippen molar-refractivity contribution in [2.24, 2.45) is 0 Å². The summed E-state index contributed by atoms with van der Waals surface area (Å²) in [5.41, 5.74) is 1.15. The third kappa shape index (κ3) is 6.18. The van der Waals surface area contributed by atoms with Gasteiger partial charge in [0.1, 0.15) is 0 Å². The maximum absolute atomic E-state index is 12.3. The first kappa shape index (κ1) is 18.2. The lowest BCUT2D eigenvalue weighted by molar-refractivity contribution is 0.522. The molecule has 21 heavy (non-hydrogen) atoms. The Hall–Kier alpha value is -0.870. The van der Waals surface area contributed by atoms with Crippen LogP contribution in [0.1, 0.15) is 71.3 Å². The number of hydrogen-bond acceptors (Lipinski definition) is 2. The van der Waals surface area contributed by atoms with E-state index in [0.717, 1.165) is 18.4 Å². The molecule has 1 aromatic carbocycles. The van der Waals surface area contributed by atoms with Crippen LogP contribution in [0, 0.1) is 0 Å². The molecule has 0 bridgehead atoms. The first-order valence-electron chi connectivity index (χ1n) is 7.99. The van der Waals surface area contributed by atoms with Crippen molar-refractivity contribution in [3.05, 3.63) is 29.8 Å². The molecule has 0 aliphatic heterocycles. The lowest BCUT2D eigenvalue weighted by Crippen LogP contribution is -2.32. The zero-order valence-corrected chi connectivity index (χ0v) is 14.5. The Labute approximate surface area is 130 Å². The van der Waals surface area contributed by atoms with Crippen LogP contribution in [0.4, 0.5) is 0 Å². The second-order valence-corrected chi connectivity index (χ2v) is 7.81. The van der Waals surface area contributed by atoms with Crippen molar-refractivity contribution >= 4 is 10.0 Å². The van der Waals surface area contributed by atoms with Crippen molar-refractivity contribution in [2.75, 3.05) is 0 Å². The largest absolute Gasteiger partial charge is 0.240 e. The van der Waals surface area contributed by atoms with E-state index in [2.05, 4.69) is 25.5 Å². The lowest BCUT2D eigenvalue weighted by Gasteiger charge is -2.14. The molecule has 1 rings (SSSR count). The summed E-state index contributed by atoms with van der Waals surface area (Å²) >= 11 is 0. The lowest BCUT2D eigenvalue weighted by atomic mass is 10.0. The highest BCUT2D eigenvalue weighted by molar-refractivity contribution is 7.89. The summed E-state index contributed by atoms with van der Waals surface area (Å²) in [5.74, 6) is 0.409. The van der Waals surface area contributed by atoms with Crippen LogP contribution in [0.25, 0.3) is 0 Å². The first-order chi connectivity index (χ1) is 9.86. The van der Waals surface area contributed by atoms with Crippen LogP contribution in [0.2, 0.25) is 0 Å². The summed E-state index contributed by atoms with van der Waals surface area (Å²) in [6.07, 6.45) is 5.55. The van der Waals surface area contributed by atoms with E-state index in [4.69, 9.17) is 0 Å². The van der Waals surface area contributed by atoms with E-state index in [9.17, 15) is 8.42 Å². The van der Waals surface area contributed by atoms with Crippen LogP contribution in [0.15, 0.2) is 29.2 Å². The van der Waals surface area contributed by atoms with Gasteiger partial charge in [-0.25, -0.2) is 13.1 Å². The van der Waals surface area contributed by atoms with Crippen molar-refractivity contribution in [1.29, 1.82) is 0 Å². The third-order valence-corrected chi connectivity index (χ3v) is 5.31. The van der Waals surface area contributed by atoms with Crippen LogP contribution >= 0.6 is 0 Å². The predicted molar refractivity (Wildman–Crippen MR) is 89.1 cm³/mol. The molecule has 0 aliphatic carbocycles. The van der Waals surface area contributed by atoms with E-state index >= 15 is 0 Å². The summed E-state index contributed by atoms with van der Waals surface area (Å²) < 4.78 is 27.4. The zero-order chi connectivity index (χ0) is 15.9. The fourth-order valence-corrected chi connectivity index (χ4v) is 3.58. The van der Waals surface area contributed by atoms with E-state index in [0.29, 0.717) is 10.8 Å². The van der Waals surface area contributed by atoms with Gasteiger partial charge in [0.2, 0.25) is 10.0 Å². The van der Waals surface area contributed by atoms with Crippen molar-refractivity contribution in [3.63, 3.8) is 0 Å². The molecule has 1 N–H and O–H groups in total. The minimum Gasteiger partial charge on any atom is -0.208 e. The highest BCUT2D eigenvalue weighted by Gasteiger charge is 2.17. The average Bonchev–Trinajstić information content (AvgIpc) is 2.43. The molecule has 0 aliphatic rings. The Kier molecular flexibility index (Phi) is 7.40. The second kappa shape index (κ2) is 8.54. The Bertz CT molecular complexity index is 506. The van der Waals surface area contributed by atoms with Crippen LogP contribution < -0.4 is 4.72 Å². The molecule has 0 spiro atoms. The van der Waals surface area contributed by atoms with Gasteiger partial charge >= 0.3 is 0 Å². The summed E-state index contributed by atoms with van der Waals surface area (Å²) in [6, 6.07) is 7.16. The topological polar surface area (TPSA) is 46.2 Å². The van der Waals surface area contributed by atoms with Gasteiger partial charge in [0.05, 0.1) is 4.90 Å². The van der Waals surface area contributed by atoms with E-state index < -0.39 is 10.0 Å². The van der Waals surface area contributed by atoms with E-state index in [-0.39, 0.29) is 6.04 Å².